The molecule has 1 aromatic carbocycles. The van der Waals surface area contributed by atoms with Crippen molar-refractivity contribution in [2.24, 2.45) is 7.05 Å². The molecule has 3 N–H and O–H groups in total. The standard InChI is InChI=1S/C12H15ClN4O2S/c1-8-9(7-17(2)16-8)6-15-20(18,19)10-3-4-12(14)11(13)5-10/h3-5,7,15H,6,14H2,1-2H3. The van der Waals surface area contributed by atoms with Crippen LogP contribution >= 0.6 is 11.6 Å². The topological polar surface area (TPSA) is 90.0 Å². The van der Waals surface area contributed by atoms with Crippen molar-refractivity contribution in [3.63, 3.8) is 0 Å². The van der Waals surface area contributed by atoms with E-state index < -0.39 is 10.0 Å². The summed E-state index contributed by atoms with van der Waals surface area (Å²) in [5.74, 6) is 0. The molecule has 0 fully saturated rings. The number of hydrogen-bond donors (Lipinski definition) is 2. The Labute approximate surface area is 122 Å². The van der Waals surface area contributed by atoms with E-state index in [0.717, 1.165) is 11.3 Å². The zero-order valence-corrected chi connectivity index (χ0v) is 12.7. The van der Waals surface area contributed by atoms with E-state index in [2.05, 4.69) is 9.82 Å². The van der Waals surface area contributed by atoms with Crippen LogP contribution in [-0.2, 0) is 23.6 Å². The van der Waals surface area contributed by atoms with Crippen molar-refractivity contribution >= 4 is 27.3 Å². The van der Waals surface area contributed by atoms with Crippen LogP contribution in [0, 0.1) is 6.92 Å². The van der Waals surface area contributed by atoms with Gasteiger partial charge in [-0.15, -0.1) is 0 Å². The van der Waals surface area contributed by atoms with Crippen LogP contribution < -0.4 is 10.5 Å². The SMILES string of the molecule is Cc1nn(C)cc1CNS(=O)(=O)c1ccc(N)c(Cl)c1. The lowest BCUT2D eigenvalue weighted by atomic mass is 10.3. The molecular formula is C12H15ClN4O2S. The summed E-state index contributed by atoms with van der Waals surface area (Å²) in [4.78, 5) is 0.0817. The highest BCUT2D eigenvalue weighted by Gasteiger charge is 2.16. The summed E-state index contributed by atoms with van der Waals surface area (Å²) < 4.78 is 28.4. The van der Waals surface area contributed by atoms with Crippen LogP contribution in [0.25, 0.3) is 0 Å². The Balaban J connectivity index is 2.19. The summed E-state index contributed by atoms with van der Waals surface area (Å²) in [6.07, 6.45) is 1.77. The maximum absolute atomic E-state index is 12.1. The number of nitrogen functional groups attached to an aromatic ring is 1. The van der Waals surface area contributed by atoms with Gasteiger partial charge in [-0.05, 0) is 25.1 Å². The number of benzene rings is 1. The summed E-state index contributed by atoms with van der Waals surface area (Å²) in [6, 6.07) is 4.21. The third-order valence-corrected chi connectivity index (χ3v) is 4.58. The van der Waals surface area contributed by atoms with Crippen molar-refractivity contribution in [2.75, 3.05) is 5.73 Å². The van der Waals surface area contributed by atoms with E-state index in [9.17, 15) is 8.42 Å². The van der Waals surface area contributed by atoms with Crippen molar-refractivity contribution in [1.82, 2.24) is 14.5 Å². The average Bonchev–Trinajstić information content (AvgIpc) is 2.69. The van der Waals surface area contributed by atoms with Gasteiger partial charge in [0.25, 0.3) is 0 Å². The van der Waals surface area contributed by atoms with Gasteiger partial charge >= 0.3 is 0 Å². The Morgan fingerprint density at radius 3 is 2.70 bits per heavy atom. The molecule has 0 saturated carbocycles. The smallest absolute Gasteiger partial charge is 0.240 e. The number of nitrogens with one attached hydrogen (secondary N) is 1. The first-order valence-corrected chi connectivity index (χ1v) is 7.69. The first-order valence-electron chi connectivity index (χ1n) is 5.83. The molecule has 0 aliphatic carbocycles. The second-order valence-electron chi connectivity index (χ2n) is 4.42. The predicted octanol–water partition coefficient (Wildman–Crippen LogP) is 1.44. The number of sulfonamides is 1. The van der Waals surface area contributed by atoms with Gasteiger partial charge in [0.2, 0.25) is 10.0 Å². The molecule has 0 atom stereocenters. The normalized spacial score (nSPS) is 11.8. The Morgan fingerprint density at radius 1 is 1.45 bits per heavy atom. The fourth-order valence-corrected chi connectivity index (χ4v) is 3.03. The van der Waals surface area contributed by atoms with Gasteiger partial charge in [-0.2, -0.15) is 5.10 Å². The Hall–Kier alpha value is -1.57. The van der Waals surface area contributed by atoms with Gasteiger partial charge in [0, 0.05) is 25.4 Å². The van der Waals surface area contributed by atoms with Gasteiger partial charge in [0.15, 0.2) is 0 Å². The zero-order chi connectivity index (χ0) is 14.9. The number of nitrogens with two attached hydrogens (primary N) is 1. The molecule has 2 aromatic rings. The van der Waals surface area contributed by atoms with E-state index in [0.29, 0.717) is 5.69 Å². The van der Waals surface area contributed by atoms with E-state index in [1.54, 1.807) is 17.9 Å². The Bertz CT molecular complexity index is 740. The van der Waals surface area contributed by atoms with Crippen LogP contribution in [-0.4, -0.2) is 18.2 Å². The van der Waals surface area contributed by atoms with Crippen LogP contribution in [0.5, 0.6) is 0 Å². The summed E-state index contributed by atoms with van der Waals surface area (Å²) in [5.41, 5.74) is 7.50. The number of aromatic nitrogens is 2. The highest BCUT2D eigenvalue weighted by atomic mass is 35.5. The minimum atomic E-state index is -3.63. The molecule has 0 bridgehead atoms. The minimum Gasteiger partial charge on any atom is -0.398 e. The molecule has 8 heteroatoms. The van der Waals surface area contributed by atoms with Crippen LogP contribution in [0.4, 0.5) is 5.69 Å². The molecule has 0 amide bonds. The predicted molar refractivity (Wildman–Crippen MR) is 77.8 cm³/mol. The number of nitrogens with zero attached hydrogens (tertiary/aromatic N) is 2. The quantitative estimate of drug-likeness (QED) is 0.836. The van der Waals surface area contributed by atoms with Gasteiger partial charge in [-0.25, -0.2) is 13.1 Å². The van der Waals surface area contributed by atoms with E-state index >= 15 is 0 Å². The number of aryl methyl sites for hydroxylation is 2. The second-order valence-corrected chi connectivity index (χ2v) is 6.60. The average molecular weight is 315 g/mol. The van der Waals surface area contributed by atoms with Crippen LogP contribution in [0.1, 0.15) is 11.3 Å². The van der Waals surface area contributed by atoms with E-state index in [1.165, 1.54) is 18.2 Å². The van der Waals surface area contributed by atoms with E-state index in [4.69, 9.17) is 17.3 Å². The molecule has 0 spiro atoms. The summed E-state index contributed by atoms with van der Waals surface area (Å²) in [7, 11) is -1.85. The highest BCUT2D eigenvalue weighted by Crippen LogP contribution is 2.22. The molecule has 6 nitrogen and oxygen atoms in total. The maximum Gasteiger partial charge on any atom is 0.240 e. The molecule has 1 aromatic heterocycles. The summed E-state index contributed by atoms with van der Waals surface area (Å²) >= 11 is 5.84. The zero-order valence-electron chi connectivity index (χ0n) is 11.1. The fourth-order valence-electron chi connectivity index (χ4n) is 1.75. The summed E-state index contributed by atoms with van der Waals surface area (Å²) in [5, 5.41) is 4.37. The van der Waals surface area contributed by atoms with Gasteiger partial charge in [-0.3, -0.25) is 4.68 Å². The molecular weight excluding hydrogens is 300 g/mol. The molecule has 1 heterocycles. The van der Waals surface area contributed by atoms with Crippen molar-refractivity contribution in [3.05, 3.63) is 40.7 Å². The van der Waals surface area contributed by atoms with E-state index in [-0.39, 0.29) is 16.5 Å². The van der Waals surface area contributed by atoms with Crippen molar-refractivity contribution < 1.29 is 8.42 Å². The van der Waals surface area contributed by atoms with E-state index in [1.807, 2.05) is 6.92 Å². The van der Waals surface area contributed by atoms with Crippen molar-refractivity contribution in [2.45, 2.75) is 18.4 Å². The van der Waals surface area contributed by atoms with Gasteiger partial charge in [0.1, 0.15) is 0 Å². The number of rotatable bonds is 4. The monoisotopic (exact) mass is 314 g/mol. The molecule has 108 valence electrons. The lowest BCUT2D eigenvalue weighted by molar-refractivity contribution is 0.581. The van der Waals surface area contributed by atoms with Gasteiger partial charge in [0.05, 0.1) is 21.3 Å². The first-order chi connectivity index (χ1) is 9.29. The molecule has 0 radical (unpaired) electrons. The Kier molecular flexibility index (Phi) is 4.03. The third kappa shape index (κ3) is 3.12. The number of hydrogen-bond acceptors (Lipinski definition) is 4. The van der Waals surface area contributed by atoms with Crippen molar-refractivity contribution in [1.29, 1.82) is 0 Å². The molecule has 0 saturated heterocycles. The second kappa shape index (κ2) is 5.43. The Morgan fingerprint density at radius 2 is 2.15 bits per heavy atom. The van der Waals surface area contributed by atoms with Gasteiger partial charge < -0.3 is 5.73 Å². The number of halogens is 1. The molecule has 0 aliphatic heterocycles. The van der Waals surface area contributed by atoms with Crippen LogP contribution in [0.15, 0.2) is 29.3 Å². The third-order valence-electron chi connectivity index (χ3n) is 2.85. The lowest BCUT2D eigenvalue weighted by Gasteiger charge is -2.07. The van der Waals surface area contributed by atoms with Crippen LogP contribution in [0.3, 0.4) is 0 Å². The molecule has 2 rings (SSSR count). The largest absolute Gasteiger partial charge is 0.398 e. The van der Waals surface area contributed by atoms with Crippen molar-refractivity contribution in [3.8, 4) is 0 Å². The number of anilines is 1. The molecule has 0 unspecified atom stereocenters. The fraction of sp³-hybridized carbons (Fsp3) is 0.250. The highest BCUT2D eigenvalue weighted by molar-refractivity contribution is 7.89. The van der Waals surface area contributed by atoms with Gasteiger partial charge in [-0.1, -0.05) is 11.6 Å². The molecule has 20 heavy (non-hydrogen) atoms. The minimum absolute atomic E-state index is 0.0817. The summed E-state index contributed by atoms with van der Waals surface area (Å²) in [6.45, 7) is 1.99. The van der Waals surface area contributed by atoms with Crippen LogP contribution in [0.2, 0.25) is 5.02 Å². The first kappa shape index (κ1) is 14.8. The maximum atomic E-state index is 12.1. The molecule has 0 aliphatic rings. The lowest BCUT2D eigenvalue weighted by Crippen LogP contribution is -2.23.